The van der Waals surface area contributed by atoms with Crippen molar-refractivity contribution in [2.45, 2.75) is 44.8 Å². The Kier molecular flexibility index (Phi) is 5.85. The number of aryl methyl sites for hydroxylation is 1. The van der Waals surface area contributed by atoms with E-state index in [2.05, 4.69) is 13.1 Å². The summed E-state index contributed by atoms with van der Waals surface area (Å²) < 4.78 is 18.2. The largest absolute Gasteiger partial charge is 0.420 e. The van der Waals surface area contributed by atoms with Crippen molar-refractivity contribution in [2.24, 2.45) is 0 Å². The molecular weight excluding hydrogens is 231 g/mol. The van der Waals surface area contributed by atoms with Gasteiger partial charge in [0.25, 0.3) is 0 Å². The molecule has 0 fully saturated rings. The quantitative estimate of drug-likeness (QED) is 0.518. The van der Waals surface area contributed by atoms with Crippen LogP contribution in [0.4, 0.5) is 4.39 Å². The Bertz CT molecular complexity index is 321. The third kappa shape index (κ3) is 5.98. The smallest absolute Gasteiger partial charge is 0.186 e. The molecule has 0 aliphatic carbocycles. The van der Waals surface area contributed by atoms with E-state index in [1.807, 2.05) is 19.2 Å². The monoisotopic (exact) mass is 254 g/mol. The molecule has 96 valence electrons. The van der Waals surface area contributed by atoms with Crippen molar-refractivity contribution in [3.05, 3.63) is 35.6 Å². The molecule has 3 heteroatoms. The summed E-state index contributed by atoms with van der Waals surface area (Å²) in [4.78, 5) is 0. The fourth-order valence-electron chi connectivity index (χ4n) is 1.81. The molecule has 0 atom stereocenters. The first kappa shape index (κ1) is 14.4. The maximum Gasteiger partial charge on any atom is 0.186 e. The third-order valence-electron chi connectivity index (χ3n) is 3.21. The molecule has 0 N–H and O–H groups in total. The molecule has 0 saturated carbocycles. The fraction of sp³-hybridized carbons (Fsp3) is 0.571. The van der Waals surface area contributed by atoms with E-state index in [1.165, 1.54) is 43.0 Å². The van der Waals surface area contributed by atoms with E-state index in [9.17, 15) is 4.39 Å². The van der Waals surface area contributed by atoms with Crippen LogP contribution in [-0.2, 0) is 10.8 Å². The zero-order chi connectivity index (χ0) is 12.7. The number of hydrogen-bond acceptors (Lipinski definition) is 1. The molecule has 0 aliphatic heterocycles. The highest BCUT2D eigenvalue weighted by Gasteiger charge is 2.19. The van der Waals surface area contributed by atoms with E-state index in [0.29, 0.717) is 0 Å². The van der Waals surface area contributed by atoms with Gasteiger partial charge in [0.1, 0.15) is 5.82 Å². The van der Waals surface area contributed by atoms with E-state index in [4.69, 9.17) is 4.43 Å². The minimum atomic E-state index is -1.36. The maximum atomic E-state index is 12.7. The maximum absolute atomic E-state index is 12.7. The lowest BCUT2D eigenvalue weighted by atomic mass is 10.1. The molecule has 1 nitrogen and oxygen atoms in total. The molecule has 0 bridgehead atoms. The van der Waals surface area contributed by atoms with Crippen molar-refractivity contribution in [1.82, 2.24) is 0 Å². The minimum absolute atomic E-state index is 0.151. The Morgan fingerprint density at radius 3 is 2.29 bits per heavy atom. The molecule has 0 aliphatic rings. The van der Waals surface area contributed by atoms with E-state index in [1.54, 1.807) is 0 Å². The molecule has 0 aromatic heterocycles. The average Bonchev–Trinajstić information content (AvgIpc) is 2.31. The lowest BCUT2D eigenvalue weighted by molar-refractivity contribution is 0.401. The molecule has 1 aromatic rings. The Labute approximate surface area is 105 Å². The van der Waals surface area contributed by atoms with Gasteiger partial charge in [-0.3, -0.25) is 0 Å². The summed E-state index contributed by atoms with van der Waals surface area (Å²) in [5.74, 6) is -0.151. The van der Waals surface area contributed by atoms with Gasteiger partial charge < -0.3 is 4.43 Å². The molecule has 1 rings (SSSR count). The SMILES string of the molecule is CO[Si](C)(C)CCCCCc1ccc(F)cc1. The average molecular weight is 254 g/mol. The van der Waals surface area contributed by atoms with Crippen molar-refractivity contribution >= 4 is 8.32 Å². The van der Waals surface area contributed by atoms with Gasteiger partial charge >= 0.3 is 0 Å². The number of halogens is 1. The van der Waals surface area contributed by atoms with Gasteiger partial charge in [-0.1, -0.05) is 25.0 Å². The first-order chi connectivity index (χ1) is 8.03. The Hall–Kier alpha value is -0.673. The number of benzene rings is 1. The fourth-order valence-corrected chi connectivity index (χ4v) is 3.12. The van der Waals surface area contributed by atoms with E-state index in [0.717, 1.165) is 6.42 Å². The second-order valence-electron chi connectivity index (χ2n) is 5.15. The Balaban J connectivity index is 2.14. The molecule has 0 radical (unpaired) electrons. The van der Waals surface area contributed by atoms with Crippen LogP contribution in [0.15, 0.2) is 24.3 Å². The third-order valence-corrected chi connectivity index (χ3v) is 5.87. The normalized spacial score (nSPS) is 11.8. The summed E-state index contributed by atoms with van der Waals surface area (Å²) in [6.45, 7) is 4.51. The Morgan fingerprint density at radius 1 is 1.06 bits per heavy atom. The van der Waals surface area contributed by atoms with Crippen LogP contribution in [0.2, 0.25) is 19.1 Å². The highest BCUT2D eigenvalue weighted by Crippen LogP contribution is 2.16. The first-order valence-electron chi connectivity index (χ1n) is 6.33. The number of hydrogen-bond donors (Lipinski definition) is 0. The highest BCUT2D eigenvalue weighted by molar-refractivity contribution is 6.71. The van der Waals surface area contributed by atoms with E-state index in [-0.39, 0.29) is 5.82 Å². The molecule has 0 saturated heterocycles. The topological polar surface area (TPSA) is 9.23 Å². The van der Waals surface area contributed by atoms with Crippen molar-refractivity contribution in [3.8, 4) is 0 Å². The second-order valence-corrected chi connectivity index (χ2v) is 9.58. The molecule has 0 amide bonds. The summed E-state index contributed by atoms with van der Waals surface area (Å²) in [6, 6.07) is 8.06. The summed E-state index contributed by atoms with van der Waals surface area (Å²) in [6.07, 6.45) is 4.71. The van der Waals surface area contributed by atoms with Gasteiger partial charge in [0.2, 0.25) is 0 Å². The van der Waals surface area contributed by atoms with Crippen LogP contribution in [0, 0.1) is 5.82 Å². The van der Waals surface area contributed by atoms with Gasteiger partial charge in [-0.2, -0.15) is 0 Å². The standard InChI is InChI=1S/C14H23FOSi/c1-16-17(2,3)12-6-4-5-7-13-8-10-14(15)11-9-13/h8-11H,4-7,12H2,1-3H3. The lowest BCUT2D eigenvalue weighted by Gasteiger charge is -2.19. The van der Waals surface area contributed by atoms with Crippen LogP contribution < -0.4 is 0 Å². The molecule has 1 aromatic carbocycles. The molecule has 0 heterocycles. The van der Waals surface area contributed by atoms with Crippen LogP contribution in [0.5, 0.6) is 0 Å². The summed E-state index contributed by atoms with van der Waals surface area (Å²) >= 11 is 0. The highest BCUT2D eigenvalue weighted by atomic mass is 28.4. The van der Waals surface area contributed by atoms with Crippen molar-refractivity contribution in [2.75, 3.05) is 7.11 Å². The van der Waals surface area contributed by atoms with E-state index < -0.39 is 8.32 Å². The van der Waals surface area contributed by atoms with Crippen LogP contribution in [0.1, 0.15) is 24.8 Å². The van der Waals surface area contributed by atoms with Gasteiger partial charge in [0.15, 0.2) is 8.32 Å². The minimum Gasteiger partial charge on any atom is -0.420 e. The second kappa shape index (κ2) is 6.92. The molecule has 17 heavy (non-hydrogen) atoms. The summed E-state index contributed by atoms with van der Waals surface area (Å²) in [5.41, 5.74) is 1.23. The van der Waals surface area contributed by atoms with Crippen molar-refractivity contribution < 1.29 is 8.82 Å². The van der Waals surface area contributed by atoms with Crippen LogP contribution in [-0.4, -0.2) is 15.4 Å². The predicted octanol–water partition coefficient (Wildman–Crippen LogP) is 4.39. The zero-order valence-electron chi connectivity index (χ0n) is 11.1. The summed E-state index contributed by atoms with van der Waals surface area (Å²) in [5, 5.41) is 0. The van der Waals surface area contributed by atoms with Crippen LogP contribution in [0.3, 0.4) is 0 Å². The molecular formula is C14H23FOSi. The Morgan fingerprint density at radius 2 is 1.71 bits per heavy atom. The predicted molar refractivity (Wildman–Crippen MR) is 73.3 cm³/mol. The van der Waals surface area contributed by atoms with Gasteiger partial charge in [0.05, 0.1) is 0 Å². The lowest BCUT2D eigenvalue weighted by Crippen LogP contribution is -2.27. The van der Waals surface area contributed by atoms with Crippen molar-refractivity contribution in [1.29, 1.82) is 0 Å². The number of rotatable bonds is 7. The van der Waals surface area contributed by atoms with Crippen molar-refractivity contribution in [3.63, 3.8) is 0 Å². The van der Waals surface area contributed by atoms with E-state index >= 15 is 0 Å². The van der Waals surface area contributed by atoms with Gasteiger partial charge in [-0.05, 0) is 49.7 Å². The molecule has 0 unspecified atom stereocenters. The van der Waals surface area contributed by atoms with Crippen LogP contribution in [0.25, 0.3) is 0 Å². The van der Waals surface area contributed by atoms with Gasteiger partial charge in [-0.25, -0.2) is 4.39 Å². The zero-order valence-corrected chi connectivity index (χ0v) is 12.1. The van der Waals surface area contributed by atoms with Gasteiger partial charge in [0, 0.05) is 7.11 Å². The first-order valence-corrected chi connectivity index (χ1v) is 9.45. The van der Waals surface area contributed by atoms with Gasteiger partial charge in [-0.15, -0.1) is 0 Å². The number of unbranched alkanes of at least 4 members (excludes halogenated alkanes) is 2. The van der Waals surface area contributed by atoms with Crippen LogP contribution >= 0.6 is 0 Å². The molecule has 0 spiro atoms. The summed E-state index contributed by atoms with van der Waals surface area (Å²) in [7, 11) is 0.461.